The maximum atomic E-state index is 11.0. The average Bonchev–Trinajstić information content (AvgIpc) is 3.21. The molecule has 150 valence electrons. The van der Waals surface area contributed by atoms with Gasteiger partial charge in [0.25, 0.3) is 0 Å². The summed E-state index contributed by atoms with van der Waals surface area (Å²) < 4.78 is 1.45. The number of tetrazole rings is 1. The molecule has 3 N–H and O–H groups in total. The number of benzene rings is 2. The maximum absolute atomic E-state index is 11.0. The summed E-state index contributed by atoms with van der Waals surface area (Å²) in [5.74, 6) is 1.01. The van der Waals surface area contributed by atoms with Gasteiger partial charge in [-0.15, -0.1) is 5.10 Å². The van der Waals surface area contributed by atoms with Gasteiger partial charge < -0.3 is 5.11 Å². The van der Waals surface area contributed by atoms with Crippen molar-refractivity contribution in [3.63, 3.8) is 0 Å². The van der Waals surface area contributed by atoms with E-state index in [1.807, 2.05) is 24.3 Å². The molecule has 0 saturated heterocycles. The molecule has 9 nitrogen and oxygen atoms in total. The van der Waals surface area contributed by atoms with Crippen molar-refractivity contribution in [3.05, 3.63) is 71.1 Å². The Hall–Kier alpha value is -3.72. The lowest BCUT2D eigenvalue weighted by molar-refractivity contribution is 0.209. The van der Waals surface area contributed by atoms with Crippen LogP contribution in [-0.4, -0.2) is 41.6 Å². The van der Waals surface area contributed by atoms with Crippen molar-refractivity contribution in [2.75, 3.05) is 5.32 Å². The number of hydrogen-bond acceptors (Lipinski definition) is 5. The van der Waals surface area contributed by atoms with E-state index in [-0.39, 0.29) is 16.3 Å². The van der Waals surface area contributed by atoms with Crippen LogP contribution in [0.4, 0.5) is 10.6 Å². The average molecular weight is 422 g/mol. The van der Waals surface area contributed by atoms with Gasteiger partial charge in [0.1, 0.15) is 5.02 Å². The standard InChI is InChI=1S/C20H16ClN7O2/c21-16-11-22-28(17(16)23-19(29)30)15-7-3-13(4-8-15)12-1-5-14(6-2-12)20(9-10-20)18-24-26-27-25-18/h1-8,11,23H,9-10H2,(H,29,30)(H,24,25,26,27). The predicted octanol–water partition coefficient (Wildman–Crippen LogP) is 3.88. The molecule has 0 bridgehead atoms. The van der Waals surface area contributed by atoms with Gasteiger partial charge in [0, 0.05) is 0 Å². The second-order valence-corrected chi connectivity index (χ2v) is 7.55. The SMILES string of the molecule is O=C(O)Nc1c(Cl)cnn1-c1ccc(-c2ccc(C3(c4nnn[nH]4)CC3)cc2)cc1. The Bertz CT molecular complexity index is 1200. The fraction of sp³-hybridized carbons (Fsp3) is 0.150. The molecule has 1 amide bonds. The van der Waals surface area contributed by atoms with Gasteiger partial charge in [-0.25, -0.2) is 14.6 Å². The number of nitrogens with one attached hydrogen (secondary N) is 2. The van der Waals surface area contributed by atoms with Crippen LogP contribution in [0.3, 0.4) is 0 Å². The lowest BCUT2D eigenvalue weighted by Gasteiger charge is -2.13. The molecule has 2 aromatic carbocycles. The highest BCUT2D eigenvalue weighted by Gasteiger charge is 2.49. The Morgan fingerprint density at radius 2 is 1.77 bits per heavy atom. The third-order valence-corrected chi connectivity index (χ3v) is 5.66. The Balaban J connectivity index is 1.40. The lowest BCUT2D eigenvalue weighted by Crippen LogP contribution is -2.12. The van der Waals surface area contributed by atoms with Crippen molar-refractivity contribution in [1.82, 2.24) is 30.4 Å². The van der Waals surface area contributed by atoms with Crippen molar-refractivity contribution in [3.8, 4) is 16.8 Å². The highest BCUT2D eigenvalue weighted by atomic mass is 35.5. The Labute approximate surface area is 175 Å². The van der Waals surface area contributed by atoms with Gasteiger partial charge in [-0.05, 0) is 52.1 Å². The van der Waals surface area contributed by atoms with Crippen molar-refractivity contribution >= 4 is 23.5 Å². The van der Waals surface area contributed by atoms with Gasteiger partial charge in [-0.2, -0.15) is 5.10 Å². The van der Waals surface area contributed by atoms with Gasteiger partial charge in [-0.3, -0.25) is 5.32 Å². The van der Waals surface area contributed by atoms with Crippen LogP contribution in [0.5, 0.6) is 0 Å². The van der Waals surface area contributed by atoms with Crippen molar-refractivity contribution in [2.24, 2.45) is 0 Å². The molecule has 0 atom stereocenters. The monoisotopic (exact) mass is 421 g/mol. The molecule has 1 saturated carbocycles. The fourth-order valence-electron chi connectivity index (χ4n) is 3.66. The molecule has 2 heterocycles. The fourth-order valence-corrected chi connectivity index (χ4v) is 3.84. The predicted molar refractivity (Wildman–Crippen MR) is 110 cm³/mol. The molecule has 5 rings (SSSR count). The number of aromatic nitrogens is 6. The number of carboxylic acid groups (broad SMARTS) is 1. The Morgan fingerprint density at radius 3 is 2.33 bits per heavy atom. The van der Waals surface area contributed by atoms with Gasteiger partial charge >= 0.3 is 6.09 Å². The zero-order valence-electron chi connectivity index (χ0n) is 15.6. The van der Waals surface area contributed by atoms with Gasteiger partial charge in [0.2, 0.25) is 0 Å². The van der Waals surface area contributed by atoms with E-state index < -0.39 is 6.09 Å². The van der Waals surface area contributed by atoms with E-state index >= 15 is 0 Å². The minimum atomic E-state index is -1.20. The van der Waals surface area contributed by atoms with Gasteiger partial charge in [0.15, 0.2) is 11.6 Å². The van der Waals surface area contributed by atoms with Gasteiger partial charge in [0.05, 0.1) is 17.3 Å². The van der Waals surface area contributed by atoms with Crippen LogP contribution < -0.4 is 5.32 Å². The van der Waals surface area contributed by atoms with E-state index in [9.17, 15) is 4.79 Å². The van der Waals surface area contributed by atoms with E-state index in [4.69, 9.17) is 16.7 Å². The first kappa shape index (κ1) is 18.3. The number of amides is 1. The minimum absolute atomic E-state index is 0.0984. The van der Waals surface area contributed by atoms with Crippen LogP contribution in [0.2, 0.25) is 5.02 Å². The molecule has 0 radical (unpaired) electrons. The zero-order chi connectivity index (χ0) is 20.7. The third-order valence-electron chi connectivity index (χ3n) is 5.38. The molecular weight excluding hydrogens is 406 g/mol. The number of hydrogen-bond donors (Lipinski definition) is 3. The van der Waals surface area contributed by atoms with Gasteiger partial charge in [-0.1, -0.05) is 48.0 Å². The normalized spacial score (nSPS) is 14.4. The highest BCUT2D eigenvalue weighted by Crippen LogP contribution is 2.52. The number of anilines is 1. The van der Waals surface area contributed by atoms with Crippen LogP contribution in [0.1, 0.15) is 24.2 Å². The van der Waals surface area contributed by atoms with E-state index in [0.717, 1.165) is 29.8 Å². The highest BCUT2D eigenvalue weighted by molar-refractivity contribution is 6.33. The molecule has 0 unspecified atom stereocenters. The summed E-state index contributed by atoms with van der Waals surface area (Å²) in [6.07, 6.45) is 2.25. The van der Waals surface area contributed by atoms with Crippen LogP contribution >= 0.6 is 11.6 Å². The molecule has 2 aromatic heterocycles. The minimum Gasteiger partial charge on any atom is -0.465 e. The molecular formula is C20H16ClN7O2. The van der Waals surface area contributed by atoms with Crippen LogP contribution in [0, 0.1) is 0 Å². The van der Waals surface area contributed by atoms with E-state index in [1.165, 1.54) is 16.4 Å². The number of aromatic amines is 1. The van der Waals surface area contributed by atoms with Crippen molar-refractivity contribution in [1.29, 1.82) is 0 Å². The second kappa shape index (κ2) is 6.96. The molecule has 30 heavy (non-hydrogen) atoms. The first-order valence-electron chi connectivity index (χ1n) is 9.26. The first-order valence-corrected chi connectivity index (χ1v) is 9.64. The van der Waals surface area contributed by atoms with Crippen LogP contribution in [0.25, 0.3) is 16.8 Å². The largest absolute Gasteiger partial charge is 0.465 e. The molecule has 1 fully saturated rings. The van der Waals surface area contributed by atoms with E-state index in [1.54, 1.807) is 0 Å². The first-order chi connectivity index (χ1) is 14.6. The zero-order valence-corrected chi connectivity index (χ0v) is 16.3. The van der Waals surface area contributed by atoms with Crippen molar-refractivity contribution < 1.29 is 9.90 Å². The summed E-state index contributed by atoms with van der Waals surface area (Å²) in [6.45, 7) is 0. The third kappa shape index (κ3) is 3.09. The summed E-state index contributed by atoms with van der Waals surface area (Å²) in [4.78, 5) is 11.0. The molecule has 10 heteroatoms. The quantitative estimate of drug-likeness (QED) is 0.449. The van der Waals surface area contributed by atoms with Crippen LogP contribution in [-0.2, 0) is 5.41 Å². The number of halogens is 1. The topological polar surface area (TPSA) is 122 Å². The summed E-state index contributed by atoms with van der Waals surface area (Å²) in [6, 6.07) is 16.0. The Kier molecular flexibility index (Phi) is 4.25. The van der Waals surface area contributed by atoms with E-state index in [2.05, 4.69) is 55.3 Å². The second-order valence-electron chi connectivity index (χ2n) is 7.14. The molecule has 0 aliphatic heterocycles. The maximum Gasteiger partial charge on any atom is 0.410 e. The van der Waals surface area contributed by atoms with Crippen molar-refractivity contribution in [2.45, 2.75) is 18.3 Å². The summed E-state index contributed by atoms with van der Waals surface area (Å²) in [5.41, 5.74) is 3.89. The lowest BCUT2D eigenvalue weighted by atomic mass is 9.93. The van der Waals surface area contributed by atoms with E-state index in [0.29, 0.717) is 5.69 Å². The molecule has 4 aromatic rings. The number of nitrogens with zero attached hydrogens (tertiary/aromatic N) is 5. The smallest absolute Gasteiger partial charge is 0.410 e. The molecule has 1 aliphatic rings. The summed E-state index contributed by atoms with van der Waals surface area (Å²) in [7, 11) is 0. The Morgan fingerprint density at radius 1 is 1.10 bits per heavy atom. The number of carbonyl (C=O) groups is 1. The summed E-state index contributed by atoms with van der Waals surface area (Å²) >= 11 is 6.04. The number of rotatable bonds is 5. The number of H-pyrrole nitrogens is 1. The molecule has 0 spiro atoms. The van der Waals surface area contributed by atoms with Crippen LogP contribution in [0.15, 0.2) is 54.7 Å². The summed E-state index contributed by atoms with van der Waals surface area (Å²) in [5, 5.41) is 30.0. The molecule has 1 aliphatic carbocycles.